The van der Waals surface area contributed by atoms with Gasteiger partial charge in [0.15, 0.2) is 5.82 Å². The molecule has 1 aromatic carbocycles. The highest BCUT2D eigenvalue weighted by Crippen LogP contribution is 2.21. The average Bonchev–Trinajstić information content (AvgIpc) is 2.95. The molecule has 1 saturated heterocycles. The van der Waals surface area contributed by atoms with E-state index in [1.54, 1.807) is 4.90 Å². The van der Waals surface area contributed by atoms with Crippen LogP contribution in [0.15, 0.2) is 33.6 Å². The van der Waals surface area contributed by atoms with E-state index in [2.05, 4.69) is 16.6 Å². The van der Waals surface area contributed by atoms with Crippen LogP contribution in [0, 0.1) is 16.0 Å². The second-order valence-electron chi connectivity index (χ2n) is 6.25. The van der Waals surface area contributed by atoms with Crippen LogP contribution in [0.1, 0.15) is 19.8 Å². The number of benzene rings is 1. The van der Waals surface area contributed by atoms with Crippen LogP contribution in [0.4, 0.5) is 5.69 Å². The molecule has 0 unspecified atom stereocenters. The molecular formula is C16H18N4O5. The topological polar surface area (TPSA) is 111 Å². The molecule has 0 aliphatic carbocycles. The lowest BCUT2D eigenvalue weighted by Gasteiger charge is -2.30. The number of nitro groups is 1. The van der Waals surface area contributed by atoms with Gasteiger partial charge in [-0.25, -0.2) is 9.36 Å². The minimum atomic E-state index is -0.730. The molecule has 1 aromatic heterocycles. The Morgan fingerprint density at radius 2 is 2.12 bits per heavy atom. The Labute approximate surface area is 143 Å². The molecule has 132 valence electrons. The van der Waals surface area contributed by atoms with E-state index in [0.717, 1.165) is 17.4 Å². The summed E-state index contributed by atoms with van der Waals surface area (Å²) in [5.74, 6) is -0.281. The van der Waals surface area contributed by atoms with Gasteiger partial charge in [-0.1, -0.05) is 12.1 Å². The predicted octanol–water partition coefficient (Wildman–Crippen LogP) is 1.67. The number of nitro benzene ring substituents is 1. The van der Waals surface area contributed by atoms with E-state index in [0.29, 0.717) is 24.6 Å². The minimum Gasteiger partial charge on any atom is -0.341 e. The summed E-state index contributed by atoms with van der Waals surface area (Å²) in [7, 11) is 0. The summed E-state index contributed by atoms with van der Waals surface area (Å²) >= 11 is 0. The molecule has 0 bridgehead atoms. The second-order valence-corrected chi connectivity index (χ2v) is 6.25. The summed E-state index contributed by atoms with van der Waals surface area (Å²) in [5, 5.41) is 14.4. The van der Waals surface area contributed by atoms with E-state index in [-0.39, 0.29) is 24.0 Å². The molecule has 2 heterocycles. The molecule has 1 atom stereocenters. The molecule has 0 spiro atoms. The summed E-state index contributed by atoms with van der Waals surface area (Å²) in [6.45, 7) is 3.27. The number of non-ortho nitro benzene ring substituents is 1. The number of piperidine rings is 1. The van der Waals surface area contributed by atoms with E-state index in [4.69, 9.17) is 0 Å². The van der Waals surface area contributed by atoms with E-state index in [1.165, 1.54) is 24.3 Å². The normalized spacial score (nSPS) is 17.5. The zero-order valence-electron chi connectivity index (χ0n) is 13.8. The van der Waals surface area contributed by atoms with Gasteiger partial charge in [0.1, 0.15) is 6.54 Å². The van der Waals surface area contributed by atoms with Crippen molar-refractivity contribution in [3.8, 4) is 11.4 Å². The van der Waals surface area contributed by atoms with Crippen LogP contribution in [0.5, 0.6) is 0 Å². The first-order valence-electron chi connectivity index (χ1n) is 8.05. The van der Waals surface area contributed by atoms with Crippen LogP contribution in [-0.4, -0.2) is 38.5 Å². The molecule has 0 radical (unpaired) electrons. The number of hydrogen-bond donors (Lipinski definition) is 0. The molecule has 0 saturated carbocycles. The van der Waals surface area contributed by atoms with Crippen molar-refractivity contribution in [1.82, 2.24) is 14.6 Å². The number of amides is 1. The van der Waals surface area contributed by atoms with E-state index >= 15 is 0 Å². The Kier molecular flexibility index (Phi) is 4.64. The number of nitrogens with zero attached hydrogens (tertiary/aromatic N) is 4. The molecule has 3 rings (SSSR count). The number of rotatable bonds is 4. The molecule has 1 amide bonds. The highest BCUT2D eigenvalue weighted by atomic mass is 16.6. The standard InChI is InChI=1S/C16H18N4O5/c1-11-3-2-8-18(9-11)14(21)10-19-15(17-25-16(19)22)12-4-6-13(7-5-12)20(23)24/h4-7,11H,2-3,8-10H2,1H3/t11-/m1/s1. The highest BCUT2D eigenvalue weighted by Gasteiger charge is 2.24. The Hall–Kier alpha value is -2.97. The molecule has 0 N–H and O–H groups in total. The van der Waals surface area contributed by atoms with Gasteiger partial charge in [0.25, 0.3) is 5.69 Å². The lowest BCUT2D eigenvalue weighted by molar-refractivity contribution is -0.384. The van der Waals surface area contributed by atoms with Crippen LogP contribution < -0.4 is 5.76 Å². The maximum atomic E-state index is 12.5. The van der Waals surface area contributed by atoms with Crippen molar-refractivity contribution in [3.05, 3.63) is 44.9 Å². The van der Waals surface area contributed by atoms with Crippen molar-refractivity contribution in [2.24, 2.45) is 5.92 Å². The molecule has 1 aliphatic rings. The van der Waals surface area contributed by atoms with Gasteiger partial charge < -0.3 is 4.90 Å². The fourth-order valence-corrected chi connectivity index (χ4v) is 3.00. The van der Waals surface area contributed by atoms with Gasteiger partial charge in [-0.05, 0) is 30.9 Å². The van der Waals surface area contributed by atoms with Gasteiger partial charge in [-0.3, -0.25) is 19.4 Å². The number of aromatic nitrogens is 2. The molecular weight excluding hydrogens is 328 g/mol. The third-order valence-electron chi connectivity index (χ3n) is 4.33. The third-order valence-corrected chi connectivity index (χ3v) is 4.33. The Balaban J connectivity index is 1.83. The predicted molar refractivity (Wildman–Crippen MR) is 87.8 cm³/mol. The largest absolute Gasteiger partial charge is 0.442 e. The lowest BCUT2D eigenvalue weighted by atomic mass is 10.0. The Morgan fingerprint density at radius 3 is 2.76 bits per heavy atom. The molecule has 25 heavy (non-hydrogen) atoms. The number of hydrogen-bond acceptors (Lipinski definition) is 6. The zero-order chi connectivity index (χ0) is 18.0. The van der Waals surface area contributed by atoms with Crippen molar-refractivity contribution < 1.29 is 14.2 Å². The summed E-state index contributed by atoms with van der Waals surface area (Å²) in [6.07, 6.45) is 2.03. The summed E-state index contributed by atoms with van der Waals surface area (Å²) in [5.41, 5.74) is 0.399. The summed E-state index contributed by atoms with van der Waals surface area (Å²) < 4.78 is 5.85. The fraction of sp³-hybridized carbons (Fsp3) is 0.438. The van der Waals surface area contributed by atoms with E-state index < -0.39 is 10.7 Å². The van der Waals surface area contributed by atoms with Gasteiger partial charge in [0, 0.05) is 30.8 Å². The number of likely N-dealkylation sites (tertiary alicyclic amines) is 1. The van der Waals surface area contributed by atoms with Crippen molar-refractivity contribution in [2.75, 3.05) is 13.1 Å². The van der Waals surface area contributed by atoms with Gasteiger partial charge in [0.2, 0.25) is 5.91 Å². The van der Waals surface area contributed by atoms with Gasteiger partial charge in [-0.2, -0.15) is 0 Å². The lowest BCUT2D eigenvalue weighted by Crippen LogP contribution is -2.41. The van der Waals surface area contributed by atoms with Crippen LogP contribution in [-0.2, 0) is 11.3 Å². The zero-order valence-corrected chi connectivity index (χ0v) is 13.8. The summed E-state index contributed by atoms with van der Waals surface area (Å²) in [4.78, 5) is 36.4. The third kappa shape index (κ3) is 3.59. The maximum absolute atomic E-state index is 12.5. The number of carbonyl (C=O) groups is 1. The van der Waals surface area contributed by atoms with Crippen LogP contribution in [0.2, 0.25) is 0 Å². The summed E-state index contributed by atoms with van der Waals surface area (Å²) in [6, 6.07) is 5.57. The first-order chi connectivity index (χ1) is 12.0. The smallest absolute Gasteiger partial charge is 0.341 e. The van der Waals surface area contributed by atoms with Gasteiger partial charge >= 0.3 is 5.76 Å². The van der Waals surface area contributed by atoms with Crippen LogP contribution >= 0.6 is 0 Å². The molecule has 2 aromatic rings. The first kappa shape index (κ1) is 16.9. The SMILES string of the molecule is C[C@@H]1CCCN(C(=O)Cn2c(-c3ccc([N+](=O)[O-])cc3)noc2=O)C1. The van der Waals surface area contributed by atoms with Crippen molar-refractivity contribution in [1.29, 1.82) is 0 Å². The van der Waals surface area contributed by atoms with E-state index in [1.807, 2.05) is 0 Å². The maximum Gasteiger partial charge on any atom is 0.442 e. The molecule has 9 nitrogen and oxygen atoms in total. The molecule has 1 fully saturated rings. The molecule has 1 aliphatic heterocycles. The van der Waals surface area contributed by atoms with Crippen LogP contribution in [0.3, 0.4) is 0 Å². The quantitative estimate of drug-likeness (QED) is 0.615. The fourth-order valence-electron chi connectivity index (χ4n) is 3.00. The average molecular weight is 346 g/mol. The first-order valence-corrected chi connectivity index (χ1v) is 8.05. The Morgan fingerprint density at radius 1 is 1.40 bits per heavy atom. The monoisotopic (exact) mass is 346 g/mol. The van der Waals surface area contributed by atoms with Crippen molar-refractivity contribution in [3.63, 3.8) is 0 Å². The van der Waals surface area contributed by atoms with E-state index in [9.17, 15) is 19.7 Å². The van der Waals surface area contributed by atoms with Crippen LogP contribution in [0.25, 0.3) is 11.4 Å². The number of carbonyl (C=O) groups excluding carboxylic acids is 1. The van der Waals surface area contributed by atoms with Crippen molar-refractivity contribution in [2.45, 2.75) is 26.3 Å². The highest BCUT2D eigenvalue weighted by molar-refractivity contribution is 5.76. The molecule has 9 heteroatoms. The Bertz CT molecular complexity index is 839. The van der Waals surface area contributed by atoms with Crippen molar-refractivity contribution >= 4 is 11.6 Å². The van der Waals surface area contributed by atoms with Gasteiger partial charge in [0.05, 0.1) is 4.92 Å². The minimum absolute atomic E-state index is 0.0699. The van der Waals surface area contributed by atoms with Gasteiger partial charge in [-0.15, -0.1) is 0 Å². The second kappa shape index (κ2) is 6.88.